The molecule has 11 nitrogen and oxygen atoms in total. The fourth-order valence-corrected chi connectivity index (χ4v) is 3.29. The van der Waals surface area contributed by atoms with Gasteiger partial charge in [0.1, 0.15) is 6.61 Å². The minimum atomic E-state index is -0.639. The van der Waals surface area contributed by atoms with E-state index in [-0.39, 0.29) is 48.8 Å². The van der Waals surface area contributed by atoms with Gasteiger partial charge in [0.05, 0.1) is 13.0 Å². The zero-order valence-electron chi connectivity index (χ0n) is 26.4. The molecule has 0 spiro atoms. The number of rotatable bonds is 16. The van der Waals surface area contributed by atoms with E-state index in [1.54, 1.807) is 13.8 Å². The van der Waals surface area contributed by atoms with Crippen molar-refractivity contribution in [1.82, 2.24) is 9.80 Å². The quantitative estimate of drug-likeness (QED) is 0.110. The molecule has 1 atom stereocenters. The van der Waals surface area contributed by atoms with Crippen LogP contribution in [0.15, 0.2) is 48.6 Å². The van der Waals surface area contributed by atoms with Crippen molar-refractivity contribution in [3.8, 4) is 0 Å². The molecule has 1 unspecified atom stereocenters. The second-order valence-electron chi connectivity index (χ2n) is 10.1. The molecule has 2 aliphatic heterocycles. The van der Waals surface area contributed by atoms with Gasteiger partial charge in [-0.1, -0.05) is 59.8 Å². The maximum Gasteiger partial charge on any atom is 0.333 e. The Morgan fingerprint density at radius 2 is 1.33 bits per heavy atom. The lowest BCUT2D eigenvalue weighted by Gasteiger charge is -2.18. The van der Waals surface area contributed by atoms with Crippen LogP contribution >= 0.6 is 0 Å². The summed E-state index contributed by atoms with van der Waals surface area (Å²) in [6.45, 7) is 21.5. The summed E-state index contributed by atoms with van der Waals surface area (Å²) < 4.78 is 15.5. The number of unbranched alkanes of at least 4 members (excludes halogenated alkanes) is 3. The average Bonchev–Trinajstić information content (AvgIpc) is 3.41. The molecule has 0 radical (unpaired) electrons. The lowest BCUT2D eigenvalue weighted by Crippen LogP contribution is -2.30. The Labute approximate surface area is 255 Å². The third-order valence-corrected chi connectivity index (χ3v) is 5.90. The number of carbonyl (C=O) groups excluding carboxylic acids is 6. The van der Waals surface area contributed by atoms with Crippen molar-refractivity contribution in [1.29, 1.82) is 0 Å². The highest BCUT2D eigenvalue weighted by atomic mass is 16.6. The Morgan fingerprint density at radius 1 is 0.814 bits per heavy atom. The van der Waals surface area contributed by atoms with Crippen LogP contribution in [0.2, 0.25) is 0 Å². The molecule has 0 N–H and O–H groups in total. The average molecular weight is 605 g/mol. The molecule has 11 heteroatoms. The summed E-state index contributed by atoms with van der Waals surface area (Å²) in [7, 11) is 0. The van der Waals surface area contributed by atoms with Crippen molar-refractivity contribution in [3.05, 3.63) is 48.6 Å². The lowest BCUT2D eigenvalue weighted by atomic mass is 10.3. The van der Waals surface area contributed by atoms with E-state index in [1.807, 2.05) is 13.8 Å². The zero-order valence-corrected chi connectivity index (χ0v) is 26.4. The number of hydrogen-bond donors (Lipinski definition) is 0. The normalized spacial score (nSPS) is 14.6. The van der Waals surface area contributed by atoms with Gasteiger partial charge in [0.15, 0.2) is 6.10 Å². The number of likely N-dealkylation sites (tertiary alicyclic amines) is 1. The summed E-state index contributed by atoms with van der Waals surface area (Å²) in [5, 5.41) is 0. The number of hydrogen-bond acceptors (Lipinski definition) is 9. The summed E-state index contributed by atoms with van der Waals surface area (Å²) in [5.74, 6) is -1.69. The number of esters is 2. The first-order valence-electron chi connectivity index (χ1n) is 14.6. The van der Waals surface area contributed by atoms with E-state index in [1.165, 1.54) is 22.0 Å². The van der Waals surface area contributed by atoms with Crippen LogP contribution in [0.4, 0.5) is 0 Å². The van der Waals surface area contributed by atoms with Crippen LogP contribution in [0.3, 0.4) is 0 Å². The number of ether oxygens (including phenoxy) is 3. The van der Waals surface area contributed by atoms with Crippen molar-refractivity contribution >= 4 is 35.6 Å². The van der Waals surface area contributed by atoms with Gasteiger partial charge in [0, 0.05) is 48.6 Å². The predicted molar refractivity (Wildman–Crippen MR) is 162 cm³/mol. The number of imide groups is 2. The van der Waals surface area contributed by atoms with Gasteiger partial charge in [0.25, 0.3) is 17.7 Å². The van der Waals surface area contributed by atoms with Gasteiger partial charge in [-0.15, -0.1) is 0 Å². The summed E-state index contributed by atoms with van der Waals surface area (Å²) in [6, 6.07) is 0. The highest BCUT2D eigenvalue weighted by molar-refractivity contribution is 6.13. The smallest absolute Gasteiger partial charge is 0.333 e. The molecule has 0 aliphatic carbocycles. The summed E-state index contributed by atoms with van der Waals surface area (Å²) in [4.78, 5) is 69.6. The van der Waals surface area contributed by atoms with Crippen molar-refractivity contribution in [2.24, 2.45) is 0 Å². The van der Waals surface area contributed by atoms with Crippen LogP contribution < -0.4 is 0 Å². The van der Waals surface area contributed by atoms with E-state index >= 15 is 0 Å². The fourth-order valence-electron chi connectivity index (χ4n) is 3.29. The molecule has 2 heterocycles. The summed E-state index contributed by atoms with van der Waals surface area (Å²) in [5.41, 5.74) is 1.01. The Hall–Kier alpha value is -3.86. The third-order valence-electron chi connectivity index (χ3n) is 5.90. The Kier molecular flexibility index (Phi) is 19.8. The molecule has 0 bridgehead atoms. The molecule has 0 aromatic carbocycles. The molecular formula is C32H48N2O9. The van der Waals surface area contributed by atoms with Crippen LogP contribution in [0, 0.1) is 0 Å². The van der Waals surface area contributed by atoms with E-state index in [0.717, 1.165) is 38.5 Å². The van der Waals surface area contributed by atoms with Gasteiger partial charge >= 0.3 is 11.9 Å². The van der Waals surface area contributed by atoms with E-state index in [9.17, 15) is 28.8 Å². The van der Waals surface area contributed by atoms with Crippen LogP contribution in [0.1, 0.15) is 79.6 Å². The van der Waals surface area contributed by atoms with Crippen LogP contribution in [0.5, 0.6) is 0 Å². The van der Waals surface area contributed by atoms with Gasteiger partial charge in [-0.2, -0.15) is 0 Å². The molecule has 0 aromatic heterocycles. The van der Waals surface area contributed by atoms with Crippen LogP contribution in [-0.2, 0) is 43.0 Å². The predicted octanol–water partition coefficient (Wildman–Crippen LogP) is 4.22. The first-order chi connectivity index (χ1) is 20.3. The highest BCUT2D eigenvalue weighted by Gasteiger charge is 2.31. The van der Waals surface area contributed by atoms with Crippen molar-refractivity contribution in [3.63, 3.8) is 0 Å². The zero-order chi connectivity index (χ0) is 32.9. The molecule has 2 rings (SSSR count). The van der Waals surface area contributed by atoms with Crippen LogP contribution in [-0.4, -0.2) is 84.4 Å². The second-order valence-corrected chi connectivity index (χ2v) is 10.1. The SMILES string of the molecule is C=C(C)C(=O)OCC(COCCCC)OC(=O)C(=C)C.C=C1CC(=O)N(CCCC)C1=O.CCCCN1C(=O)C=CC1=O. The maximum absolute atomic E-state index is 11.5. The topological polar surface area (TPSA) is 137 Å². The Bertz CT molecular complexity index is 1040. The minimum absolute atomic E-state index is 0.0587. The fraction of sp³-hybridized carbons (Fsp3) is 0.562. The Balaban J connectivity index is 0.000000654. The third kappa shape index (κ3) is 15.8. The van der Waals surface area contributed by atoms with E-state index in [0.29, 0.717) is 30.8 Å². The molecule has 0 saturated carbocycles. The summed E-state index contributed by atoms with van der Waals surface area (Å²) in [6.07, 6.45) is 7.90. The second kappa shape index (κ2) is 21.8. The van der Waals surface area contributed by atoms with Gasteiger partial charge in [-0.3, -0.25) is 29.0 Å². The molecular weight excluding hydrogens is 556 g/mol. The number of nitrogens with zero attached hydrogens (tertiary/aromatic N) is 2. The molecule has 2 aliphatic rings. The van der Waals surface area contributed by atoms with Crippen molar-refractivity contribution < 1.29 is 43.0 Å². The molecule has 0 aromatic rings. The number of carbonyl (C=O) groups is 6. The van der Waals surface area contributed by atoms with E-state index in [4.69, 9.17) is 14.2 Å². The lowest BCUT2D eigenvalue weighted by molar-refractivity contribution is -0.157. The minimum Gasteiger partial charge on any atom is -0.458 e. The molecule has 43 heavy (non-hydrogen) atoms. The van der Waals surface area contributed by atoms with Crippen LogP contribution in [0.25, 0.3) is 0 Å². The van der Waals surface area contributed by atoms with Gasteiger partial charge in [0.2, 0.25) is 5.91 Å². The molecule has 1 fully saturated rings. The van der Waals surface area contributed by atoms with Gasteiger partial charge < -0.3 is 14.2 Å². The largest absolute Gasteiger partial charge is 0.458 e. The first-order valence-corrected chi connectivity index (χ1v) is 14.6. The first kappa shape index (κ1) is 39.1. The Morgan fingerprint density at radius 3 is 1.77 bits per heavy atom. The monoisotopic (exact) mass is 604 g/mol. The standard InChI is InChI=1S/C15H24O5.C9H13NO2.C8H11NO2/c1-6-7-8-18-9-13(20-15(17)12(4)5)10-19-14(16)11(2)3;1-3-4-5-10-8(11)6-7(2)9(10)12;1-2-3-6-9-7(10)4-5-8(9)11/h13H,2,4,6-10H2,1,3,5H3;2-6H2,1H3;4-5H,2-3,6H2,1H3. The highest BCUT2D eigenvalue weighted by Crippen LogP contribution is 2.16. The van der Waals surface area contributed by atoms with E-state index in [2.05, 4.69) is 26.7 Å². The summed E-state index contributed by atoms with van der Waals surface area (Å²) >= 11 is 0. The molecule has 1 saturated heterocycles. The van der Waals surface area contributed by atoms with Crippen molar-refractivity contribution in [2.75, 3.05) is 32.9 Å². The van der Waals surface area contributed by atoms with Gasteiger partial charge in [-0.05, 0) is 33.1 Å². The molecule has 240 valence electrons. The van der Waals surface area contributed by atoms with Crippen molar-refractivity contribution in [2.45, 2.75) is 85.7 Å². The van der Waals surface area contributed by atoms with Gasteiger partial charge in [-0.25, -0.2) is 9.59 Å². The maximum atomic E-state index is 11.5. The number of amides is 4. The molecule has 4 amide bonds. The van der Waals surface area contributed by atoms with E-state index < -0.39 is 18.0 Å².